The molecule has 0 saturated heterocycles. The van der Waals surface area contributed by atoms with Gasteiger partial charge in [-0.1, -0.05) is 12.1 Å². The monoisotopic (exact) mass is 315 g/mol. The summed E-state index contributed by atoms with van der Waals surface area (Å²) in [4.78, 5) is 0. The molecule has 0 aliphatic carbocycles. The summed E-state index contributed by atoms with van der Waals surface area (Å²) in [5, 5.41) is 5.10. The van der Waals surface area contributed by atoms with Gasteiger partial charge in [0.2, 0.25) is 0 Å². The molecule has 6 heteroatoms. The van der Waals surface area contributed by atoms with Gasteiger partial charge in [0.05, 0.1) is 24.0 Å². The average Bonchev–Trinajstić information content (AvgIpc) is 2.83. The van der Waals surface area contributed by atoms with Crippen molar-refractivity contribution < 1.29 is 13.5 Å². The molecule has 0 amide bonds. The molecule has 0 saturated carbocycles. The van der Waals surface area contributed by atoms with Gasteiger partial charge in [0.25, 0.3) is 0 Å². The number of methoxy groups -OCH3 is 1. The second kappa shape index (κ2) is 5.72. The van der Waals surface area contributed by atoms with Crippen LogP contribution in [0.1, 0.15) is 11.3 Å². The highest BCUT2D eigenvalue weighted by Crippen LogP contribution is 2.25. The van der Waals surface area contributed by atoms with Crippen molar-refractivity contribution >= 4 is 28.7 Å². The molecule has 2 aromatic carbocycles. The van der Waals surface area contributed by atoms with Gasteiger partial charge in [-0.25, -0.2) is 8.78 Å². The molecule has 3 rings (SSSR count). The standard InChI is InChI=1S/C17H15F2N3O/c1-22-16-9-13(19)14(20)8-11(16)15(21-22)6-4-10-3-5-12(18)17(7-10)23-2/h3-9H,20H2,1-2H3/b6-4+. The number of nitrogen functional groups attached to an aromatic ring is 1. The topological polar surface area (TPSA) is 53.1 Å². The first-order chi connectivity index (χ1) is 11.0. The van der Waals surface area contributed by atoms with Crippen LogP contribution >= 0.6 is 0 Å². The van der Waals surface area contributed by atoms with Crippen LogP contribution in [0.5, 0.6) is 5.75 Å². The van der Waals surface area contributed by atoms with E-state index in [9.17, 15) is 8.78 Å². The Kier molecular flexibility index (Phi) is 3.73. The lowest BCUT2D eigenvalue weighted by molar-refractivity contribution is 0.386. The summed E-state index contributed by atoms with van der Waals surface area (Å²) in [5.74, 6) is -0.722. The lowest BCUT2D eigenvalue weighted by Crippen LogP contribution is -1.92. The van der Waals surface area contributed by atoms with Crippen LogP contribution in [-0.2, 0) is 7.05 Å². The van der Waals surface area contributed by atoms with Crippen molar-refractivity contribution in [3.63, 3.8) is 0 Å². The molecule has 0 unspecified atom stereocenters. The number of benzene rings is 2. The molecule has 2 N–H and O–H groups in total. The molecule has 118 valence electrons. The lowest BCUT2D eigenvalue weighted by atomic mass is 10.1. The quantitative estimate of drug-likeness (QED) is 0.751. The van der Waals surface area contributed by atoms with Gasteiger partial charge in [-0.05, 0) is 29.8 Å². The Morgan fingerprint density at radius 3 is 2.65 bits per heavy atom. The SMILES string of the molecule is COc1cc(/C=C/c2nn(C)c3cc(F)c(N)cc23)ccc1F. The molecule has 0 aliphatic rings. The molecule has 0 aliphatic heterocycles. The van der Waals surface area contributed by atoms with E-state index >= 15 is 0 Å². The van der Waals surface area contributed by atoms with E-state index in [0.717, 1.165) is 10.9 Å². The second-order valence-electron chi connectivity index (χ2n) is 5.13. The molecule has 0 radical (unpaired) electrons. The predicted molar refractivity (Wildman–Crippen MR) is 87.0 cm³/mol. The number of fused-ring (bicyclic) bond motifs is 1. The summed E-state index contributed by atoms with van der Waals surface area (Å²) in [6.45, 7) is 0. The van der Waals surface area contributed by atoms with E-state index < -0.39 is 11.6 Å². The van der Waals surface area contributed by atoms with Gasteiger partial charge in [0, 0.05) is 18.5 Å². The van der Waals surface area contributed by atoms with E-state index in [4.69, 9.17) is 10.5 Å². The van der Waals surface area contributed by atoms with E-state index in [-0.39, 0.29) is 11.4 Å². The third-order valence-corrected chi connectivity index (χ3v) is 3.61. The van der Waals surface area contributed by atoms with E-state index in [1.807, 2.05) is 0 Å². The normalized spacial score (nSPS) is 11.5. The van der Waals surface area contributed by atoms with Crippen molar-refractivity contribution in [2.45, 2.75) is 0 Å². The molecule has 3 aromatic rings. The Bertz CT molecular complexity index is 916. The number of halogens is 2. The molecule has 1 aromatic heterocycles. The van der Waals surface area contributed by atoms with Crippen molar-refractivity contribution in [2.75, 3.05) is 12.8 Å². The van der Waals surface area contributed by atoms with Crippen LogP contribution in [0.15, 0.2) is 30.3 Å². The zero-order valence-corrected chi connectivity index (χ0v) is 12.7. The van der Waals surface area contributed by atoms with Crippen molar-refractivity contribution in [1.82, 2.24) is 9.78 Å². The molecule has 1 heterocycles. The summed E-state index contributed by atoms with van der Waals surface area (Å²) in [6.07, 6.45) is 3.55. The average molecular weight is 315 g/mol. The number of aryl methyl sites for hydroxylation is 1. The van der Waals surface area contributed by atoms with Crippen molar-refractivity contribution in [3.8, 4) is 5.75 Å². The number of rotatable bonds is 3. The van der Waals surface area contributed by atoms with Crippen molar-refractivity contribution in [1.29, 1.82) is 0 Å². The highest BCUT2D eigenvalue weighted by molar-refractivity contribution is 5.92. The molecule has 0 fully saturated rings. The minimum atomic E-state index is -0.473. The number of hydrogen-bond acceptors (Lipinski definition) is 3. The fourth-order valence-corrected chi connectivity index (χ4v) is 2.40. The van der Waals surface area contributed by atoms with E-state index in [1.165, 1.54) is 19.2 Å². The molecule has 4 nitrogen and oxygen atoms in total. The van der Waals surface area contributed by atoms with Gasteiger partial charge in [0.1, 0.15) is 5.82 Å². The van der Waals surface area contributed by atoms with Gasteiger partial charge in [-0.3, -0.25) is 4.68 Å². The highest BCUT2D eigenvalue weighted by Gasteiger charge is 2.10. The zero-order valence-electron chi connectivity index (χ0n) is 12.7. The van der Waals surface area contributed by atoms with Gasteiger partial charge < -0.3 is 10.5 Å². The smallest absolute Gasteiger partial charge is 0.165 e. The minimum absolute atomic E-state index is 0.0728. The van der Waals surface area contributed by atoms with Gasteiger partial charge in [-0.15, -0.1) is 0 Å². The lowest BCUT2D eigenvalue weighted by Gasteiger charge is -2.02. The van der Waals surface area contributed by atoms with Gasteiger partial charge in [-0.2, -0.15) is 5.10 Å². The number of nitrogens with zero attached hydrogens (tertiary/aromatic N) is 2. The summed E-state index contributed by atoms with van der Waals surface area (Å²) in [7, 11) is 3.14. The maximum Gasteiger partial charge on any atom is 0.165 e. The van der Waals surface area contributed by atoms with Crippen molar-refractivity contribution in [2.24, 2.45) is 7.05 Å². The van der Waals surface area contributed by atoms with E-state index in [0.29, 0.717) is 11.2 Å². The van der Waals surface area contributed by atoms with E-state index in [1.54, 1.807) is 42.1 Å². The van der Waals surface area contributed by atoms with E-state index in [2.05, 4.69) is 5.10 Å². The first kappa shape index (κ1) is 15.0. The number of hydrogen-bond donors (Lipinski definition) is 1. The Morgan fingerprint density at radius 2 is 1.91 bits per heavy atom. The maximum atomic E-state index is 13.6. The third-order valence-electron chi connectivity index (χ3n) is 3.61. The van der Waals surface area contributed by atoms with Crippen LogP contribution in [0.3, 0.4) is 0 Å². The molecule has 0 spiro atoms. The van der Waals surface area contributed by atoms with Crippen molar-refractivity contribution in [3.05, 3.63) is 53.2 Å². The summed E-state index contributed by atoms with van der Waals surface area (Å²) in [5.41, 5.74) is 7.76. The Morgan fingerprint density at radius 1 is 1.13 bits per heavy atom. The first-order valence-corrected chi connectivity index (χ1v) is 6.93. The third kappa shape index (κ3) is 2.75. The minimum Gasteiger partial charge on any atom is -0.494 e. The van der Waals surface area contributed by atoms with Crippen LogP contribution < -0.4 is 10.5 Å². The Labute approximate surface area is 131 Å². The van der Waals surface area contributed by atoms with Crippen LogP contribution in [0.4, 0.5) is 14.5 Å². The molecule has 0 bridgehead atoms. The zero-order chi connectivity index (χ0) is 16.6. The molecule has 0 atom stereocenters. The molecular formula is C17H15F2N3O. The predicted octanol–water partition coefficient (Wildman–Crippen LogP) is 3.61. The number of anilines is 1. The fraction of sp³-hybridized carbons (Fsp3) is 0.118. The van der Waals surface area contributed by atoms with Gasteiger partial charge in [0.15, 0.2) is 11.6 Å². The van der Waals surface area contributed by atoms with Crippen LogP contribution in [0.25, 0.3) is 23.1 Å². The maximum absolute atomic E-state index is 13.6. The number of aromatic nitrogens is 2. The molecule has 23 heavy (non-hydrogen) atoms. The second-order valence-corrected chi connectivity index (χ2v) is 5.13. The number of ether oxygens (including phenoxy) is 1. The Balaban J connectivity index is 2.03. The van der Waals surface area contributed by atoms with Crippen LogP contribution in [0.2, 0.25) is 0 Å². The summed E-state index contributed by atoms with van der Waals surface area (Å²) >= 11 is 0. The summed E-state index contributed by atoms with van der Waals surface area (Å²) < 4.78 is 33.5. The Hall–Kier alpha value is -2.89. The number of nitrogens with two attached hydrogens (primary N) is 1. The van der Waals surface area contributed by atoms with Crippen LogP contribution in [0, 0.1) is 11.6 Å². The largest absolute Gasteiger partial charge is 0.494 e. The summed E-state index contributed by atoms with van der Waals surface area (Å²) in [6, 6.07) is 7.47. The first-order valence-electron chi connectivity index (χ1n) is 6.93. The van der Waals surface area contributed by atoms with Crippen LogP contribution in [-0.4, -0.2) is 16.9 Å². The highest BCUT2D eigenvalue weighted by atomic mass is 19.1. The molecular weight excluding hydrogens is 300 g/mol. The van der Waals surface area contributed by atoms with Gasteiger partial charge >= 0.3 is 0 Å². The fourth-order valence-electron chi connectivity index (χ4n) is 2.40.